The molecular formula is C32H45NO8. The molecule has 0 radical (unpaired) electrons. The van der Waals surface area contributed by atoms with Crippen LogP contribution in [0.2, 0.25) is 0 Å². The van der Waals surface area contributed by atoms with Gasteiger partial charge >= 0.3 is 5.97 Å². The minimum absolute atomic E-state index is 0.0266. The molecule has 1 aliphatic heterocycles. The molecule has 41 heavy (non-hydrogen) atoms. The van der Waals surface area contributed by atoms with E-state index >= 15 is 0 Å². The third-order valence-electron chi connectivity index (χ3n) is 12.7. The van der Waals surface area contributed by atoms with Crippen molar-refractivity contribution in [1.29, 1.82) is 0 Å². The topological polar surface area (TPSA) is 107 Å². The Kier molecular flexibility index (Phi) is 6.59. The number of nitrogens with zero attached hydrogens (tertiary/aromatic N) is 1. The number of carbonyl (C=O) groups is 1. The number of ether oxygens (including phenoxy) is 5. The zero-order valence-corrected chi connectivity index (χ0v) is 24.8. The number of rotatable bonds is 8. The molecular weight excluding hydrogens is 526 g/mol. The van der Waals surface area contributed by atoms with E-state index < -0.39 is 29.2 Å². The van der Waals surface area contributed by atoms with E-state index in [1.807, 2.05) is 0 Å². The molecule has 5 aliphatic carbocycles. The molecule has 9 heteroatoms. The SMILES string of the molecule is CCN1C[C@]2(COC)CC[C@H](O)[C@@]34[C@@H]5C[C@H]6[C@H](OC(=O)c7ccc(OC)cc7)[C@@H]5[C@](O)(C[C@H]6OC)[C@@H]([C@H](OC)[C@H]23)[C@@H]14. The zero-order valence-electron chi connectivity index (χ0n) is 24.8. The van der Waals surface area contributed by atoms with Gasteiger partial charge in [0.1, 0.15) is 11.9 Å². The molecule has 5 saturated carbocycles. The summed E-state index contributed by atoms with van der Waals surface area (Å²) in [5.74, 6) is -0.360. The van der Waals surface area contributed by atoms with Gasteiger partial charge in [-0.25, -0.2) is 4.79 Å². The zero-order chi connectivity index (χ0) is 28.9. The molecule has 1 spiro atoms. The molecule has 6 aliphatic rings. The van der Waals surface area contributed by atoms with E-state index in [1.165, 1.54) is 0 Å². The number of hydrogen-bond acceptors (Lipinski definition) is 9. The van der Waals surface area contributed by atoms with Crippen LogP contribution in [0.25, 0.3) is 0 Å². The molecule has 226 valence electrons. The standard InChI is InChI=1S/C32H45NO8/c1-6-33-15-30(16-37-2)12-11-22(34)32-20-13-19-21(39-4)14-31(36,24(28(32)33)26(40-5)27(30)32)23(20)25(19)41-29(35)17-7-9-18(38-3)10-8-17/h7-10,19-28,34,36H,6,11-16H2,1-5H3/t19-,20-,21-,22+,23-,24+,25+,26+,27-,28-,30+,31-,32+/m1/s1. The fraction of sp³-hybridized carbons (Fsp3) is 0.781. The molecule has 1 saturated heterocycles. The Hall–Kier alpha value is -1.75. The lowest BCUT2D eigenvalue weighted by molar-refractivity contribution is -0.272. The maximum Gasteiger partial charge on any atom is 0.338 e. The Labute approximate surface area is 242 Å². The van der Waals surface area contributed by atoms with E-state index in [0.717, 1.165) is 25.9 Å². The van der Waals surface area contributed by atoms with Gasteiger partial charge in [-0.1, -0.05) is 6.92 Å². The molecule has 6 fully saturated rings. The van der Waals surface area contributed by atoms with Gasteiger partial charge in [0, 0.05) is 74.8 Å². The summed E-state index contributed by atoms with van der Waals surface area (Å²) in [6.45, 7) is 4.47. The highest BCUT2D eigenvalue weighted by atomic mass is 16.6. The second-order valence-electron chi connectivity index (χ2n) is 13.7. The van der Waals surface area contributed by atoms with Crippen molar-refractivity contribution in [3.05, 3.63) is 29.8 Å². The van der Waals surface area contributed by atoms with Gasteiger partial charge in [0.2, 0.25) is 0 Å². The quantitative estimate of drug-likeness (QED) is 0.455. The summed E-state index contributed by atoms with van der Waals surface area (Å²) < 4.78 is 30.1. The van der Waals surface area contributed by atoms with E-state index in [2.05, 4.69) is 11.8 Å². The van der Waals surface area contributed by atoms with Crippen LogP contribution < -0.4 is 4.74 Å². The van der Waals surface area contributed by atoms with Gasteiger partial charge in [-0.2, -0.15) is 0 Å². The molecule has 0 aromatic heterocycles. The van der Waals surface area contributed by atoms with Gasteiger partial charge in [-0.05, 0) is 56.0 Å². The lowest BCUT2D eigenvalue weighted by atomic mass is 9.43. The smallest absolute Gasteiger partial charge is 0.338 e. The van der Waals surface area contributed by atoms with E-state index in [9.17, 15) is 15.0 Å². The molecule has 0 unspecified atom stereocenters. The summed E-state index contributed by atoms with van der Waals surface area (Å²) >= 11 is 0. The number of esters is 1. The molecule has 7 bridgehead atoms. The normalized spacial score (nSPS) is 49.1. The van der Waals surface area contributed by atoms with E-state index in [4.69, 9.17) is 23.7 Å². The Morgan fingerprint density at radius 3 is 2.46 bits per heavy atom. The lowest BCUT2D eigenvalue weighted by Gasteiger charge is -2.68. The first-order chi connectivity index (χ1) is 19.7. The van der Waals surface area contributed by atoms with E-state index in [-0.39, 0.29) is 53.3 Å². The molecule has 2 N–H and O–H groups in total. The summed E-state index contributed by atoms with van der Waals surface area (Å²) in [7, 11) is 6.81. The first kappa shape index (κ1) is 28.0. The summed E-state index contributed by atoms with van der Waals surface area (Å²) in [4.78, 5) is 16.1. The van der Waals surface area contributed by atoms with Crippen LogP contribution in [0.15, 0.2) is 24.3 Å². The van der Waals surface area contributed by atoms with Crippen molar-refractivity contribution in [1.82, 2.24) is 4.90 Å². The van der Waals surface area contributed by atoms with Gasteiger partial charge in [-0.3, -0.25) is 4.90 Å². The van der Waals surface area contributed by atoms with Crippen molar-refractivity contribution in [2.24, 2.45) is 40.4 Å². The largest absolute Gasteiger partial charge is 0.497 e. The Morgan fingerprint density at radius 1 is 1.07 bits per heavy atom. The van der Waals surface area contributed by atoms with Gasteiger partial charge in [0.15, 0.2) is 0 Å². The van der Waals surface area contributed by atoms with Crippen LogP contribution in [0.5, 0.6) is 5.75 Å². The Balaban J connectivity index is 1.37. The van der Waals surface area contributed by atoms with Crippen molar-refractivity contribution in [2.75, 3.05) is 48.1 Å². The average molecular weight is 572 g/mol. The number of methoxy groups -OCH3 is 4. The van der Waals surface area contributed by atoms with Gasteiger partial charge in [-0.15, -0.1) is 0 Å². The second kappa shape index (κ2) is 9.63. The van der Waals surface area contributed by atoms with Crippen molar-refractivity contribution < 1.29 is 38.7 Å². The average Bonchev–Trinajstić information content (AvgIpc) is 3.42. The Bertz CT molecular complexity index is 1180. The number of carbonyl (C=O) groups excluding carboxylic acids is 1. The number of aliphatic hydroxyl groups is 2. The molecule has 1 heterocycles. The highest BCUT2D eigenvalue weighted by molar-refractivity contribution is 5.89. The third-order valence-corrected chi connectivity index (χ3v) is 12.7. The molecule has 7 rings (SSSR count). The molecule has 1 aromatic rings. The van der Waals surface area contributed by atoms with Crippen LogP contribution >= 0.6 is 0 Å². The van der Waals surface area contributed by atoms with Gasteiger partial charge in [0.05, 0.1) is 43.2 Å². The number of likely N-dealkylation sites (tertiary alicyclic amines) is 1. The summed E-state index contributed by atoms with van der Waals surface area (Å²) in [6.07, 6.45) is 1.21. The molecule has 0 amide bonds. The third kappa shape index (κ3) is 3.36. The number of piperidine rings is 1. The van der Waals surface area contributed by atoms with Crippen LogP contribution in [0.1, 0.15) is 43.0 Å². The van der Waals surface area contributed by atoms with Gasteiger partial charge in [0.25, 0.3) is 0 Å². The highest BCUT2D eigenvalue weighted by Gasteiger charge is 2.86. The van der Waals surface area contributed by atoms with Crippen LogP contribution in [0.4, 0.5) is 0 Å². The number of aliphatic hydroxyl groups excluding tert-OH is 1. The number of hydrogen-bond donors (Lipinski definition) is 2. The van der Waals surface area contributed by atoms with Crippen molar-refractivity contribution in [3.8, 4) is 5.75 Å². The molecule has 9 nitrogen and oxygen atoms in total. The van der Waals surface area contributed by atoms with Crippen LogP contribution in [-0.2, 0) is 18.9 Å². The van der Waals surface area contributed by atoms with Crippen LogP contribution in [0, 0.1) is 40.4 Å². The monoisotopic (exact) mass is 571 g/mol. The predicted molar refractivity (Wildman–Crippen MR) is 148 cm³/mol. The predicted octanol–water partition coefficient (Wildman–Crippen LogP) is 2.38. The minimum atomic E-state index is -1.17. The number of fused-ring (bicyclic) bond motifs is 2. The van der Waals surface area contributed by atoms with Crippen molar-refractivity contribution in [2.45, 2.75) is 68.7 Å². The second-order valence-corrected chi connectivity index (χ2v) is 13.7. The minimum Gasteiger partial charge on any atom is -0.497 e. The highest BCUT2D eigenvalue weighted by Crippen LogP contribution is 2.79. The van der Waals surface area contributed by atoms with Gasteiger partial charge < -0.3 is 33.9 Å². The molecule has 1 aromatic carbocycles. The maximum atomic E-state index is 13.6. The lowest BCUT2D eigenvalue weighted by Crippen LogP contribution is -2.76. The summed E-state index contributed by atoms with van der Waals surface area (Å²) in [5.41, 5.74) is -1.40. The summed E-state index contributed by atoms with van der Waals surface area (Å²) in [5, 5.41) is 25.3. The molecule has 13 atom stereocenters. The fourth-order valence-corrected chi connectivity index (χ4v) is 11.7. The summed E-state index contributed by atoms with van der Waals surface area (Å²) in [6, 6.07) is 6.91. The first-order valence-electron chi connectivity index (χ1n) is 15.3. The number of benzene rings is 1. The Morgan fingerprint density at radius 2 is 1.83 bits per heavy atom. The fourth-order valence-electron chi connectivity index (χ4n) is 11.7. The van der Waals surface area contributed by atoms with Crippen LogP contribution in [0.3, 0.4) is 0 Å². The van der Waals surface area contributed by atoms with Crippen molar-refractivity contribution in [3.63, 3.8) is 0 Å². The first-order valence-corrected chi connectivity index (χ1v) is 15.3. The van der Waals surface area contributed by atoms with Crippen LogP contribution in [-0.4, -0.2) is 105 Å². The van der Waals surface area contributed by atoms with E-state index in [1.54, 1.807) is 52.7 Å². The van der Waals surface area contributed by atoms with E-state index in [0.29, 0.717) is 30.8 Å². The maximum absolute atomic E-state index is 13.6. The van der Waals surface area contributed by atoms with Crippen molar-refractivity contribution >= 4 is 5.97 Å².